The SMILES string of the molecule is CCCCOC(=O)C=Cc1ccccc1CN. The van der Waals surface area contributed by atoms with Crippen LogP contribution in [-0.2, 0) is 16.1 Å². The third kappa shape index (κ3) is 4.83. The summed E-state index contributed by atoms with van der Waals surface area (Å²) in [6.45, 7) is 3.00. The van der Waals surface area contributed by atoms with Crippen LogP contribution in [0.2, 0.25) is 0 Å². The first kappa shape index (κ1) is 13.5. The molecule has 2 N–H and O–H groups in total. The van der Waals surface area contributed by atoms with Crippen LogP contribution in [-0.4, -0.2) is 12.6 Å². The van der Waals surface area contributed by atoms with Gasteiger partial charge in [0, 0.05) is 12.6 Å². The van der Waals surface area contributed by atoms with E-state index in [4.69, 9.17) is 10.5 Å². The van der Waals surface area contributed by atoms with Gasteiger partial charge in [-0.15, -0.1) is 0 Å². The molecule has 1 aromatic rings. The Kier molecular flexibility index (Phi) is 6.04. The molecule has 0 bridgehead atoms. The molecular formula is C14H19NO2. The summed E-state index contributed by atoms with van der Waals surface area (Å²) in [5.74, 6) is -0.301. The fourth-order valence-electron chi connectivity index (χ4n) is 1.41. The van der Waals surface area contributed by atoms with Crippen molar-refractivity contribution in [2.75, 3.05) is 6.61 Å². The third-order valence-electron chi connectivity index (χ3n) is 2.42. The first-order valence-corrected chi connectivity index (χ1v) is 5.90. The summed E-state index contributed by atoms with van der Waals surface area (Å²) >= 11 is 0. The van der Waals surface area contributed by atoms with Crippen LogP contribution in [0.5, 0.6) is 0 Å². The lowest BCUT2D eigenvalue weighted by molar-refractivity contribution is -0.137. The van der Waals surface area contributed by atoms with Crippen molar-refractivity contribution >= 4 is 12.0 Å². The molecule has 0 saturated carbocycles. The van der Waals surface area contributed by atoms with Crippen molar-refractivity contribution in [1.82, 2.24) is 0 Å². The summed E-state index contributed by atoms with van der Waals surface area (Å²) < 4.78 is 5.02. The maximum absolute atomic E-state index is 11.4. The van der Waals surface area contributed by atoms with Crippen LogP contribution in [0.25, 0.3) is 6.08 Å². The zero-order valence-corrected chi connectivity index (χ0v) is 10.2. The summed E-state index contributed by atoms with van der Waals surface area (Å²) in [5, 5.41) is 0. The number of hydrogen-bond acceptors (Lipinski definition) is 3. The van der Waals surface area contributed by atoms with E-state index in [9.17, 15) is 4.79 Å². The summed E-state index contributed by atoms with van der Waals surface area (Å²) in [6.07, 6.45) is 5.12. The Balaban J connectivity index is 2.54. The van der Waals surface area contributed by atoms with Crippen LogP contribution in [0.1, 0.15) is 30.9 Å². The van der Waals surface area contributed by atoms with Crippen molar-refractivity contribution in [1.29, 1.82) is 0 Å². The van der Waals surface area contributed by atoms with E-state index in [0.29, 0.717) is 13.2 Å². The molecule has 0 radical (unpaired) electrons. The molecule has 0 aliphatic heterocycles. The van der Waals surface area contributed by atoms with E-state index in [0.717, 1.165) is 24.0 Å². The molecule has 1 aromatic carbocycles. The number of nitrogens with two attached hydrogens (primary N) is 1. The van der Waals surface area contributed by atoms with Crippen LogP contribution in [0.3, 0.4) is 0 Å². The molecule has 0 unspecified atom stereocenters. The molecule has 3 nitrogen and oxygen atoms in total. The Morgan fingerprint density at radius 2 is 2.18 bits per heavy atom. The van der Waals surface area contributed by atoms with Crippen LogP contribution in [0, 0.1) is 0 Å². The molecule has 17 heavy (non-hydrogen) atoms. The monoisotopic (exact) mass is 233 g/mol. The highest BCUT2D eigenvalue weighted by molar-refractivity contribution is 5.87. The summed E-state index contributed by atoms with van der Waals surface area (Å²) in [4.78, 5) is 11.4. The fourth-order valence-corrected chi connectivity index (χ4v) is 1.41. The quantitative estimate of drug-likeness (QED) is 0.466. The molecule has 0 spiro atoms. The molecule has 0 atom stereocenters. The third-order valence-corrected chi connectivity index (χ3v) is 2.42. The Hall–Kier alpha value is -1.61. The molecule has 92 valence electrons. The highest BCUT2D eigenvalue weighted by Crippen LogP contribution is 2.09. The standard InChI is InChI=1S/C14H19NO2/c1-2-3-10-17-14(16)9-8-12-6-4-5-7-13(12)11-15/h4-9H,2-3,10-11,15H2,1H3. The minimum absolute atomic E-state index is 0.301. The molecule has 0 amide bonds. The van der Waals surface area contributed by atoms with Gasteiger partial charge < -0.3 is 10.5 Å². The largest absolute Gasteiger partial charge is 0.463 e. The molecule has 0 fully saturated rings. The predicted octanol–water partition coefficient (Wildman–Crippen LogP) is 2.50. The van der Waals surface area contributed by atoms with Gasteiger partial charge in [0.25, 0.3) is 0 Å². The minimum Gasteiger partial charge on any atom is -0.463 e. The second-order valence-electron chi connectivity index (χ2n) is 3.76. The Labute approximate surface area is 102 Å². The number of esters is 1. The lowest BCUT2D eigenvalue weighted by Crippen LogP contribution is -2.02. The maximum Gasteiger partial charge on any atom is 0.330 e. The summed E-state index contributed by atoms with van der Waals surface area (Å²) in [6, 6.07) is 7.72. The first-order chi connectivity index (χ1) is 8.27. The Morgan fingerprint density at radius 1 is 1.41 bits per heavy atom. The molecular weight excluding hydrogens is 214 g/mol. The van der Waals surface area contributed by atoms with Gasteiger partial charge in [-0.1, -0.05) is 37.6 Å². The van der Waals surface area contributed by atoms with Crippen molar-refractivity contribution in [2.45, 2.75) is 26.3 Å². The number of rotatable bonds is 6. The second-order valence-corrected chi connectivity index (χ2v) is 3.76. The maximum atomic E-state index is 11.4. The average molecular weight is 233 g/mol. The highest BCUT2D eigenvalue weighted by atomic mass is 16.5. The number of carbonyl (C=O) groups is 1. The molecule has 1 rings (SSSR count). The van der Waals surface area contributed by atoms with Gasteiger partial charge >= 0.3 is 5.97 Å². The van der Waals surface area contributed by atoms with Gasteiger partial charge in [-0.2, -0.15) is 0 Å². The van der Waals surface area contributed by atoms with E-state index in [-0.39, 0.29) is 5.97 Å². The van der Waals surface area contributed by atoms with Crippen molar-refractivity contribution in [2.24, 2.45) is 5.73 Å². The van der Waals surface area contributed by atoms with Crippen molar-refractivity contribution in [3.05, 3.63) is 41.5 Å². The van der Waals surface area contributed by atoms with E-state index in [2.05, 4.69) is 6.92 Å². The number of benzene rings is 1. The van der Waals surface area contributed by atoms with Crippen LogP contribution in [0.4, 0.5) is 0 Å². The van der Waals surface area contributed by atoms with E-state index < -0.39 is 0 Å². The van der Waals surface area contributed by atoms with E-state index in [1.165, 1.54) is 6.08 Å². The van der Waals surface area contributed by atoms with Crippen LogP contribution in [0.15, 0.2) is 30.3 Å². The Bertz CT molecular complexity index is 386. The van der Waals surface area contributed by atoms with Gasteiger partial charge in [0.05, 0.1) is 6.61 Å². The fraction of sp³-hybridized carbons (Fsp3) is 0.357. The number of carbonyl (C=O) groups excluding carboxylic acids is 1. The average Bonchev–Trinajstić information content (AvgIpc) is 2.37. The topological polar surface area (TPSA) is 52.3 Å². The summed E-state index contributed by atoms with van der Waals surface area (Å²) in [7, 11) is 0. The van der Waals surface area contributed by atoms with Gasteiger partial charge in [-0.05, 0) is 23.6 Å². The molecule has 0 aliphatic carbocycles. The van der Waals surface area contributed by atoms with Crippen molar-refractivity contribution < 1.29 is 9.53 Å². The lowest BCUT2D eigenvalue weighted by atomic mass is 10.1. The number of unbranched alkanes of at least 4 members (excludes halogenated alkanes) is 1. The minimum atomic E-state index is -0.301. The van der Waals surface area contributed by atoms with Gasteiger partial charge in [0.2, 0.25) is 0 Å². The molecule has 0 heterocycles. The zero-order chi connectivity index (χ0) is 12.5. The molecule has 3 heteroatoms. The molecule has 0 aromatic heterocycles. The van der Waals surface area contributed by atoms with Crippen molar-refractivity contribution in [3.8, 4) is 0 Å². The van der Waals surface area contributed by atoms with Gasteiger partial charge in [-0.25, -0.2) is 4.79 Å². The van der Waals surface area contributed by atoms with Gasteiger partial charge in [0.1, 0.15) is 0 Å². The molecule has 0 saturated heterocycles. The van der Waals surface area contributed by atoms with E-state index in [1.807, 2.05) is 24.3 Å². The number of hydrogen-bond donors (Lipinski definition) is 1. The van der Waals surface area contributed by atoms with E-state index >= 15 is 0 Å². The van der Waals surface area contributed by atoms with Crippen molar-refractivity contribution in [3.63, 3.8) is 0 Å². The van der Waals surface area contributed by atoms with Crippen LogP contribution >= 0.6 is 0 Å². The zero-order valence-electron chi connectivity index (χ0n) is 10.2. The Morgan fingerprint density at radius 3 is 2.88 bits per heavy atom. The molecule has 0 aliphatic rings. The number of ether oxygens (including phenoxy) is 1. The summed E-state index contributed by atoms with van der Waals surface area (Å²) in [5.41, 5.74) is 7.58. The van der Waals surface area contributed by atoms with Gasteiger partial charge in [-0.3, -0.25) is 0 Å². The van der Waals surface area contributed by atoms with Gasteiger partial charge in [0.15, 0.2) is 0 Å². The first-order valence-electron chi connectivity index (χ1n) is 5.90. The smallest absolute Gasteiger partial charge is 0.330 e. The van der Waals surface area contributed by atoms with E-state index in [1.54, 1.807) is 6.08 Å². The normalized spacial score (nSPS) is 10.7. The lowest BCUT2D eigenvalue weighted by Gasteiger charge is -2.02. The predicted molar refractivity (Wildman–Crippen MR) is 69.2 cm³/mol. The highest BCUT2D eigenvalue weighted by Gasteiger charge is 1.98. The second kappa shape index (κ2) is 7.63. The van der Waals surface area contributed by atoms with Crippen LogP contribution < -0.4 is 5.73 Å².